The second-order valence-corrected chi connectivity index (χ2v) is 15.8. The number of nitrogens with zero attached hydrogens (tertiary/aromatic N) is 2. The van der Waals surface area contributed by atoms with Gasteiger partial charge in [-0.15, -0.1) is 0 Å². The van der Waals surface area contributed by atoms with Gasteiger partial charge < -0.3 is 5.11 Å². The molecule has 5 nitrogen and oxygen atoms in total. The molecule has 0 bridgehead atoms. The molecule has 0 amide bonds. The molecule has 0 spiro atoms. The number of nitriles is 1. The maximum atomic E-state index is 14.5. The summed E-state index contributed by atoms with van der Waals surface area (Å²) in [7, 11) is 0. The molecule has 0 aromatic rings. The number of rotatable bonds is 1. The highest BCUT2D eigenvalue weighted by Crippen LogP contribution is 2.74. The van der Waals surface area contributed by atoms with Crippen LogP contribution in [0.1, 0.15) is 93.4 Å². The third-order valence-corrected chi connectivity index (χ3v) is 13.7. The first kappa shape index (κ1) is 26.5. The van der Waals surface area contributed by atoms with E-state index < -0.39 is 10.8 Å². The van der Waals surface area contributed by atoms with Gasteiger partial charge in [0, 0.05) is 35.4 Å². The van der Waals surface area contributed by atoms with Gasteiger partial charge in [-0.05, 0) is 86.0 Å². The van der Waals surface area contributed by atoms with Crippen molar-refractivity contribution in [2.24, 2.45) is 44.8 Å². The third-order valence-electron chi connectivity index (χ3n) is 13.7. The molecule has 0 aromatic heterocycles. The smallest absolute Gasteiger partial charge is 0.178 e. The molecule has 1 N–H and O–H groups in total. The van der Waals surface area contributed by atoms with Crippen LogP contribution in [0.3, 0.4) is 0 Å². The first-order chi connectivity index (χ1) is 17.6. The van der Waals surface area contributed by atoms with Crippen LogP contribution in [0.4, 0.5) is 0 Å². The Bertz CT molecular complexity index is 1220. The maximum Gasteiger partial charge on any atom is 0.178 e. The lowest BCUT2D eigenvalue weighted by Gasteiger charge is -2.69. The molecule has 6 rings (SSSR count). The number of carbonyl (C=O) groups excluding carboxylic acids is 2. The Labute approximate surface area is 228 Å². The summed E-state index contributed by atoms with van der Waals surface area (Å²) in [5.74, 6) is 0.603. The number of aliphatic hydroxyl groups is 1. The SMILES string of the molecule is CC1(C)C(=O)C(C#N)=C[C@]2(C)C3=CC(=O)C4[C@@H]5C[C@@](C)(N6CC(O)C6)CC[C@]5(C)CC[C@@]4(C)[C@]3(C)CCC12. The number of hydrogen-bond acceptors (Lipinski definition) is 5. The zero-order valence-corrected chi connectivity index (χ0v) is 24.5. The van der Waals surface area contributed by atoms with E-state index in [-0.39, 0.29) is 56.9 Å². The topological polar surface area (TPSA) is 81.4 Å². The molecular weight excluding hydrogens is 472 g/mol. The molecule has 3 saturated carbocycles. The molecule has 206 valence electrons. The van der Waals surface area contributed by atoms with Crippen LogP contribution in [0.2, 0.25) is 0 Å². The number of fused-ring (bicyclic) bond motifs is 7. The first-order valence-corrected chi connectivity index (χ1v) is 14.9. The van der Waals surface area contributed by atoms with Crippen LogP contribution in [0.5, 0.6) is 0 Å². The van der Waals surface area contributed by atoms with Gasteiger partial charge in [0.25, 0.3) is 0 Å². The van der Waals surface area contributed by atoms with Gasteiger partial charge in [0.1, 0.15) is 6.07 Å². The summed E-state index contributed by atoms with van der Waals surface area (Å²) < 4.78 is 0. The predicted molar refractivity (Wildman–Crippen MR) is 147 cm³/mol. The molecular formula is C33H46N2O3. The van der Waals surface area contributed by atoms with Crippen molar-refractivity contribution in [1.29, 1.82) is 5.26 Å². The van der Waals surface area contributed by atoms with Crippen LogP contribution >= 0.6 is 0 Å². The van der Waals surface area contributed by atoms with Crippen molar-refractivity contribution in [3.05, 3.63) is 23.3 Å². The molecule has 4 fully saturated rings. The molecule has 38 heavy (non-hydrogen) atoms. The molecule has 1 aliphatic heterocycles. The minimum atomic E-state index is -0.629. The molecule has 5 aliphatic carbocycles. The number of allylic oxidation sites excluding steroid dienone is 4. The number of aliphatic hydroxyl groups excluding tert-OH is 1. The van der Waals surface area contributed by atoms with E-state index >= 15 is 0 Å². The molecule has 0 radical (unpaired) electrons. The van der Waals surface area contributed by atoms with Crippen LogP contribution < -0.4 is 0 Å². The highest BCUT2D eigenvalue weighted by atomic mass is 16.3. The molecule has 2 unspecified atom stereocenters. The fourth-order valence-corrected chi connectivity index (χ4v) is 10.9. The molecule has 5 heteroatoms. The monoisotopic (exact) mass is 518 g/mol. The quantitative estimate of drug-likeness (QED) is 0.486. The fraction of sp³-hybridized carbons (Fsp3) is 0.788. The Morgan fingerprint density at radius 2 is 1.63 bits per heavy atom. The lowest BCUT2D eigenvalue weighted by atomic mass is 9.34. The summed E-state index contributed by atoms with van der Waals surface area (Å²) in [4.78, 5) is 30.1. The first-order valence-electron chi connectivity index (χ1n) is 14.9. The van der Waals surface area contributed by atoms with Crippen molar-refractivity contribution in [2.75, 3.05) is 13.1 Å². The average molecular weight is 519 g/mol. The van der Waals surface area contributed by atoms with Gasteiger partial charge in [-0.2, -0.15) is 5.26 Å². The second kappa shape index (κ2) is 7.70. The summed E-state index contributed by atoms with van der Waals surface area (Å²) >= 11 is 0. The van der Waals surface area contributed by atoms with E-state index in [1.165, 1.54) is 5.57 Å². The Kier molecular flexibility index (Phi) is 5.36. The van der Waals surface area contributed by atoms with E-state index in [2.05, 4.69) is 45.6 Å². The van der Waals surface area contributed by atoms with E-state index in [0.717, 1.165) is 58.0 Å². The van der Waals surface area contributed by atoms with Crippen molar-refractivity contribution < 1.29 is 14.7 Å². The van der Waals surface area contributed by atoms with Gasteiger partial charge in [-0.25, -0.2) is 0 Å². The summed E-state index contributed by atoms with van der Waals surface area (Å²) in [5.41, 5.74) is 0.205. The van der Waals surface area contributed by atoms with E-state index in [0.29, 0.717) is 5.92 Å². The standard InChI is InChI=1S/C33H46N2O3/c1-28(2)24-8-9-32(6)25(31(24,5)15-20(17-34)27(28)38)14-23(37)26-22-16-30(4,35-18-21(36)19-35)12-10-29(22,3)11-13-33(26,32)7/h14-15,21-22,24,26,36H,8-13,16,18-19H2,1-7H3/t22-,24?,26?,29+,30-,31-,32+,33+/m0/s1. The molecule has 6 aliphatic rings. The lowest BCUT2D eigenvalue weighted by Crippen LogP contribution is -2.68. The Morgan fingerprint density at radius 3 is 2.26 bits per heavy atom. The van der Waals surface area contributed by atoms with Crippen LogP contribution in [-0.2, 0) is 9.59 Å². The van der Waals surface area contributed by atoms with Crippen LogP contribution in [-0.4, -0.2) is 46.3 Å². The van der Waals surface area contributed by atoms with Gasteiger partial charge in [0.2, 0.25) is 0 Å². The predicted octanol–water partition coefficient (Wildman–Crippen LogP) is 5.63. The van der Waals surface area contributed by atoms with Gasteiger partial charge in [-0.3, -0.25) is 14.5 Å². The number of Topliss-reactive ketones (excluding diaryl/α,β-unsaturated/α-hetero) is 1. The molecule has 8 atom stereocenters. The number of likely N-dealkylation sites (tertiary alicyclic amines) is 1. The second-order valence-electron chi connectivity index (χ2n) is 15.8. The van der Waals surface area contributed by atoms with Crippen LogP contribution in [0, 0.1) is 56.2 Å². The minimum Gasteiger partial charge on any atom is -0.390 e. The van der Waals surface area contributed by atoms with Crippen LogP contribution in [0.15, 0.2) is 23.3 Å². The van der Waals surface area contributed by atoms with E-state index in [1.54, 1.807) is 0 Å². The maximum absolute atomic E-state index is 14.5. The van der Waals surface area contributed by atoms with Crippen molar-refractivity contribution in [3.8, 4) is 6.07 Å². The molecule has 1 heterocycles. The van der Waals surface area contributed by atoms with E-state index in [4.69, 9.17) is 0 Å². The van der Waals surface area contributed by atoms with Gasteiger partial charge in [0.15, 0.2) is 11.6 Å². The van der Waals surface area contributed by atoms with Crippen molar-refractivity contribution in [1.82, 2.24) is 4.90 Å². The largest absolute Gasteiger partial charge is 0.390 e. The zero-order chi connectivity index (χ0) is 27.7. The molecule has 0 aromatic carbocycles. The van der Waals surface area contributed by atoms with Crippen molar-refractivity contribution >= 4 is 11.6 Å². The average Bonchev–Trinajstić information content (AvgIpc) is 2.82. The van der Waals surface area contributed by atoms with Crippen molar-refractivity contribution in [3.63, 3.8) is 0 Å². The van der Waals surface area contributed by atoms with Crippen molar-refractivity contribution in [2.45, 2.75) is 105 Å². The highest BCUT2D eigenvalue weighted by Gasteiger charge is 2.69. The highest BCUT2D eigenvalue weighted by molar-refractivity contribution is 6.04. The van der Waals surface area contributed by atoms with Gasteiger partial charge >= 0.3 is 0 Å². The Morgan fingerprint density at radius 1 is 0.974 bits per heavy atom. The van der Waals surface area contributed by atoms with Gasteiger partial charge in [0.05, 0.1) is 11.7 Å². The summed E-state index contributed by atoms with van der Waals surface area (Å²) in [6, 6.07) is 2.21. The number of β-amino-alcohol motifs (C(OH)–C–C–N with tert-alkyl or cyclic N) is 1. The van der Waals surface area contributed by atoms with Gasteiger partial charge in [-0.1, -0.05) is 53.2 Å². The van der Waals surface area contributed by atoms with Crippen LogP contribution in [0.25, 0.3) is 0 Å². The summed E-state index contributed by atoms with van der Waals surface area (Å²) in [6.07, 6.45) is 11.1. The number of carbonyl (C=O) groups is 2. The Hall–Kier alpha value is -1.77. The number of hydrogen-bond donors (Lipinski definition) is 1. The third kappa shape index (κ3) is 3.06. The van der Waals surface area contributed by atoms with E-state index in [1.807, 2.05) is 26.0 Å². The summed E-state index contributed by atoms with van der Waals surface area (Å²) in [6.45, 7) is 17.3. The Balaban J connectivity index is 1.46. The van der Waals surface area contributed by atoms with E-state index in [9.17, 15) is 20.0 Å². The fourth-order valence-electron chi connectivity index (χ4n) is 10.9. The lowest BCUT2D eigenvalue weighted by molar-refractivity contribution is -0.178. The zero-order valence-electron chi connectivity index (χ0n) is 24.5. The summed E-state index contributed by atoms with van der Waals surface area (Å²) in [5, 5.41) is 19.9. The number of ketones is 2. The minimum absolute atomic E-state index is 0.0152. The normalized spacial score (nSPS) is 50.3. The molecule has 1 saturated heterocycles.